The molecule has 1 rings (SSSR count). The molecular weight excluding hydrogens is 260 g/mol. The molecule has 114 valence electrons. The summed E-state index contributed by atoms with van der Waals surface area (Å²) in [5, 5.41) is 3.14. The quantitative estimate of drug-likeness (QED) is 0.558. The first-order valence-electron chi connectivity index (χ1n) is 7.25. The van der Waals surface area contributed by atoms with Gasteiger partial charge in [-0.2, -0.15) is 0 Å². The maximum Gasteiger partial charge on any atom is 0.150 e. The van der Waals surface area contributed by atoms with Gasteiger partial charge in [-0.1, -0.05) is 36.4 Å². The molecule has 0 radical (unpaired) electrons. The number of carbonyl (C=O) groups is 1. The number of benzene rings is 1. The highest BCUT2D eigenvalue weighted by atomic mass is 16.1. The van der Waals surface area contributed by atoms with Gasteiger partial charge < -0.3 is 5.32 Å². The number of hydrogen-bond donors (Lipinski definition) is 1. The average molecular weight is 286 g/mol. The number of allylic oxidation sites excluding steroid dienone is 1. The molecule has 1 N–H and O–H groups in total. The number of aldehydes is 1. The fourth-order valence-corrected chi connectivity index (χ4v) is 2.47. The predicted molar refractivity (Wildman–Crippen MR) is 89.5 cm³/mol. The van der Waals surface area contributed by atoms with Crippen LogP contribution in [0.3, 0.4) is 0 Å². The van der Waals surface area contributed by atoms with Crippen LogP contribution >= 0.6 is 0 Å². The van der Waals surface area contributed by atoms with Crippen LogP contribution in [0.25, 0.3) is 0 Å². The summed E-state index contributed by atoms with van der Waals surface area (Å²) >= 11 is 0. The van der Waals surface area contributed by atoms with Gasteiger partial charge in [-0.25, -0.2) is 0 Å². The molecule has 1 atom stereocenters. The number of nitrogens with one attached hydrogen (secondary N) is 1. The molecule has 0 bridgehead atoms. The van der Waals surface area contributed by atoms with Crippen molar-refractivity contribution in [2.24, 2.45) is 0 Å². The van der Waals surface area contributed by atoms with E-state index < -0.39 is 0 Å². The van der Waals surface area contributed by atoms with Crippen molar-refractivity contribution in [2.75, 3.05) is 14.1 Å². The minimum Gasteiger partial charge on any atom is -0.391 e. The molecule has 3 nitrogen and oxygen atoms in total. The Labute approximate surface area is 128 Å². The second kappa shape index (κ2) is 8.42. The second-order valence-electron chi connectivity index (χ2n) is 5.39. The van der Waals surface area contributed by atoms with E-state index >= 15 is 0 Å². The van der Waals surface area contributed by atoms with Crippen LogP contribution < -0.4 is 5.32 Å². The van der Waals surface area contributed by atoms with E-state index in [0.29, 0.717) is 0 Å². The number of hydrogen-bond acceptors (Lipinski definition) is 3. The molecule has 3 heteroatoms. The first kappa shape index (κ1) is 17.2. The van der Waals surface area contributed by atoms with Crippen LogP contribution in [-0.4, -0.2) is 31.3 Å². The van der Waals surface area contributed by atoms with Gasteiger partial charge >= 0.3 is 0 Å². The zero-order chi connectivity index (χ0) is 15.8. The number of nitrogens with zero attached hydrogens (tertiary/aromatic N) is 1. The predicted octanol–water partition coefficient (Wildman–Crippen LogP) is 3.31. The molecule has 0 aromatic heterocycles. The van der Waals surface area contributed by atoms with E-state index in [0.717, 1.165) is 42.5 Å². The molecule has 1 aromatic carbocycles. The van der Waals surface area contributed by atoms with Crippen molar-refractivity contribution in [3.05, 3.63) is 59.8 Å². The molecule has 0 aliphatic carbocycles. The summed E-state index contributed by atoms with van der Waals surface area (Å²) in [5.41, 5.74) is 3.96. The van der Waals surface area contributed by atoms with E-state index in [4.69, 9.17) is 0 Å². The van der Waals surface area contributed by atoms with Crippen LogP contribution in [0.1, 0.15) is 34.3 Å². The van der Waals surface area contributed by atoms with E-state index in [1.54, 1.807) is 0 Å². The molecule has 1 aromatic rings. The van der Waals surface area contributed by atoms with E-state index in [-0.39, 0.29) is 6.04 Å². The summed E-state index contributed by atoms with van der Waals surface area (Å²) in [6.07, 6.45) is 4.74. The van der Waals surface area contributed by atoms with Crippen LogP contribution in [0, 0.1) is 6.92 Å². The van der Waals surface area contributed by atoms with Crippen LogP contribution in [0.4, 0.5) is 0 Å². The Morgan fingerprint density at radius 3 is 2.76 bits per heavy atom. The smallest absolute Gasteiger partial charge is 0.150 e. The zero-order valence-corrected chi connectivity index (χ0v) is 13.4. The summed E-state index contributed by atoms with van der Waals surface area (Å²) in [7, 11) is 3.95. The summed E-state index contributed by atoms with van der Waals surface area (Å²) in [6.45, 7) is 10.6. The molecule has 0 saturated heterocycles. The summed E-state index contributed by atoms with van der Waals surface area (Å²) < 4.78 is 0. The molecule has 0 aliphatic rings. The average Bonchev–Trinajstić information content (AvgIpc) is 2.47. The van der Waals surface area contributed by atoms with Gasteiger partial charge in [0.25, 0.3) is 0 Å². The molecule has 21 heavy (non-hydrogen) atoms. The van der Waals surface area contributed by atoms with E-state index in [1.807, 2.05) is 32.2 Å². The minimum absolute atomic E-state index is 0.216. The first-order chi connectivity index (χ1) is 10.0. The van der Waals surface area contributed by atoms with Gasteiger partial charge in [-0.15, -0.1) is 6.58 Å². The van der Waals surface area contributed by atoms with Gasteiger partial charge in [0.05, 0.1) is 0 Å². The standard InChI is InChI=1S/C18H26N2O/c1-6-7-8-18(15(3)19-4)20(5)12-17-11-14(2)9-10-16(17)13-21/h6,9-11,13,18-19H,1,3,7-8,12H2,2,4-5H3. The van der Waals surface area contributed by atoms with Crippen molar-refractivity contribution in [3.8, 4) is 0 Å². The molecule has 0 aliphatic heterocycles. The van der Waals surface area contributed by atoms with Gasteiger partial charge in [-0.05, 0) is 32.4 Å². The Morgan fingerprint density at radius 1 is 1.48 bits per heavy atom. The van der Waals surface area contributed by atoms with Crippen LogP contribution in [0.5, 0.6) is 0 Å². The molecule has 0 saturated carbocycles. The van der Waals surface area contributed by atoms with Crippen LogP contribution in [-0.2, 0) is 6.54 Å². The monoisotopic (exact) mass is 286 g/mol. The topological polar surface area (TPSA) is 32.3 Å². The van der Waals surface area contributed by atoms with E-state index in [2.05, 4.69) is 36.5 Å². The Morgan fingerprint density at radius 2 is 2.19 bits per heavy atom. The van der Waals surface area contributed by atoms with Gasteiger partial charge in [0.2, 0.25) is 0 Å². The highest BCUT2D eigenvalue weighted by Gasteiger charge is 2.18. The fourth-order valence-electron chi connectivity index (χ4n) is 2.47. The van der Waals surface area contributed by atoms with Crippen molar-refractivity contribution in [2.45, 2.75) is 32.4 Å². The molecule has 0 heterocycles. The van der Waals surface area contributed by atoms with Gasteiger partial charge in [0, 0.05) is 30.9 Å². The third-order valence-electron chi connectivity index (χ3n) is 3.74. The molecule has 0 fully saturated rings. The summed E-state index contributed by atoms with van der Waals surface area (Å²) in [5.74, 6) is 0. The van der Waals surface area contributed by atoms with Gasteiger partial charge in [-0.3, -0.25) is 9.69 Å². The van der Waals surface area contributed by atoms with Gasteiger partial charge in [0.1, 0.15) is 6.29 Å². The van der Waals surface area contributed by atoms with Crippen molar-refractivity contribution in [3.63, 3.8) is 0 Å². The normalized spacial score (nSPS) is 12.0. The van der Waals surface area contributed by atoms with Crippen molar-refractivity contribution in [1.82, 2.24) is 10.2 Å². The Bertz CT molecular complexity index is 508. The third-order valence-corrected chi connectivity index (χ3v) is 3.74. The second-order valence-corrected chi connectivity index (χ2v) is 5.39. The van der Waals surface area contributed by atoms with Crippen LogP contribution in [0.15, 0.2) is 43.1 Å². The lowest BCUT2D eigenvalue weighted by molar-refractivity contribution is 0.112. The van der Waals surface area contributed by atoms with Crippen LogP contribution in [0.2, 0.25) is 0 Å². The maximum atomic E-state index is 11.2. The van der Waals surface area contributed by atoms with Crippen molar-refractivity contribution < 1.29 is 4.79 Å². The summed E-state index contributed by atoms with van der Waals surface area (Å²) in [6, 6.07) is 6.15. The molecule has 0 spiro atoms. The van der Waals surface area contributed by atoms with E-state index in [1.165, 1.54) is 5.56 Å². The molecule has 0 amide bonds. The lowest BCUT2D eigenvalue weighted by Crippen LogP contribution is -2.36. The maximum absolute atomic E-state index is 11.2. The highest BCUT2D eigenvalue weighted by Crippen LogP contribution is 2.18. The highest BCUT2D eigenvalue weighted by molar-refractivity contribution is 5.77. The minimum atomic E-state index is 0.216. The molecule has 1 unspecified atom stereocenters. The Balaban J connectivity index is 2.92. The third kappa shape index (κ3) is 4.87. The van der Waals surface area contributed by atoms with E-state index in [9.17, 15) is 4.79 Å². The Hall–Kier alpha value is -1.87. The molecular formula is C18H26N2O. The zero-order valence-electron chi connectivity index (χ0n) is 13.4. The lowest BCUT2D eigenvalue weighted by atomic mass is 10.0. The first-order valence-corrected chi connectivity index (χ1v) is 7.25. The van der Waals surface area contributed by atoms with Gasteiger partial charge in [0.15, 0.2) is 0 Å². The lowest BCUT2D eigenvalue weighted by Gasteiger charge is -2.30. The summed E-state index contributed by atoms with van der Waals surface area (Å²) in [4.78, 5) is 13.4. The number of carbonyl (C=O) groups excluding carboxylic acids is 1. The SMILES string of the molecule is C=CCCC(C(=C)NC)N(C)Cc1cc(C)ccc1C=O. The number of aryl methyl sites for hydroxylation is 1. The van der Waals surface area contributed by atoms with Crippen molar-refractivity contribution >= 4 is 6.29 Å². The number of rotatable bonds is 9. The van der Waals surface area contributed by atoms with Crippen molar-refractivity contribution in [1.29, 1.82) is 0 Å². The number of likely N-dealkylation sites (N-methyl/N-ethyl adjacent to an activating group) is 2. The largest absolute Gasteiger partial charge is 0.391 e. The Kier molecular flexibility index (Phi) is 6.89. The fraction of sp³-hybridized carbons (Fsp3) is 0.389.